The van der Waals surface area contributed by atoms with E-state index in [1.807, 2.05) is 0 Å². The zero-order chi connectivity index (χ0) is 49.8. The number of phenolic OH excluding ortho intramolecular Hbond substituents is 1. The van der Waals surface area contributed by atoms with Gasteiger partial charge in [-0.15, -0.1) is 0 Å². The minimum absolute atomic E-state index is 0.00387. The number of amides is 1. The van der Waals surface area contributed by atoms with Crippen LogP contribution in [0.3, 0.4) is 0 Å². The molecule has 0 bridgehead atoms. The van der Waals surface area contributed by atoms with Gasteiger partial charge in [0.05, 0.1) is 28.8 Å². The highest BCUT2D eigenvalue weighted by Gasteiger charge is 2.35. The molecule has 4 heterocycles. The normalized spacial score (nSPS) is 13.6. The largest absolute Gasteiger partial charge is 0.508 e. The van der Waals surface area contributed by atoms with Crippen LogP contribution in [0.2, 0.25) is 0 Å². The first-order valence-electron chi connectivity index (χ1n) is 24.3. The summed E-state index contributed by atoms with van der Waals surface area (Å²) < 4.78 is 13.4. The average Bonchev–Trinajstić information content (AvgIpc) is 3.36. The lowest BCUT2D eigenvalue weighted by Crippen LogP contribution is -2.35. The summed E-state index contributed by atoms with van der Waals surface area (Å²) in [6, 6.07) is 19.6. The van der Waals surface area contributed by atoms with Crippen molar-refractivity contribution >= 4 is 52.6 Å². The second-order valence-electron chi connectivity index (χ2n) is 18.7. The maximum atomic E-state index is 14.3. The number of nitrogens with zero attached hydrogens (tertiary/aromatic N) is 1. The molecule has 4 aliphatic heterocycles. The number of phenols is 1. The molecular formula is C58H52N2O11. The van der Waals surface area contributed by atoms with Crippen LogP contribution in [0.15, 0.2) is 88.1 Å². The van der Waals surface area contributed by atoms with Gasteiger partial charge >= 0.3 is 17.9 Å². The van der Waals surface area contributed by atoms with Gasteiger partial charge in [-0.05, 0) is 140 Å². The fourth-order valence-corrected chi connectivity index (χ4v) is 10.9. The molecule has 10 rings (SSSR count). The van der Waals surface area contributed by atoms with Crippen LogP contribution in [-0.2, 0) is 32.2 Å². The molecule has 13 nitrogen and oxygen atoms in total. The van der Waals surface area contributed by atoms with Crippen LogP contribution in [-0.4, -0.2) is 57.3 Å². The van der Waals surface area contributed by atoms with Crippen molar-refractivity contribution in [1.29, 1.82) is 0 Å². The number of aryl methyl sites for hydroxylation is 2. The number of carbonyl (C=O) groups excluding carboxylic acids is 1. The molecule has 360 valence electrons. The predicted molar refractivity (Wildman–Crippen MR) is 270 cm³/mol. The molecule has 1 amide bonds. The van der Waals surface area contributed by atoms with Crippen LogP contribution < -0.4 is 30.8 Å². The van der Waals surface area contributed by atoms with Crippen molar-refractivity contribution in [3.8, 4) is 39.7 Å². The molecule has 5 aliphatic rings. The lowest BCUT2D eigenvalue weighted by atomic mass is 9.81. The number of nitrogens with one attached hydrogen (secondary N) is 1. The molecule has 0 radical (unpaired) electrons. The zero-order valence-electron chi connectivity index (χ0n) is 39.5. The van der Waals surface area contributed by atoms with Gasteiger partial charge in [0.1, 0.15) is 28.6 Å². The van der Waals surface area contributed by atoms with Gasteiger partial charge in [-0.1, -0.05) is 45.4 Å². The van der Waals surface area contributed by atoms with Gasteiger partial charge in [0.2, 0.25) is 0 Å². The van der Waals surface area contributed by atoms with Gasteiger partial charge in [0, 0.05) is 74.4 Å². The Kier molecular flexibility index (Phi) is 12.2. The number of aromatic carboxylic acids is 3. The van der Waals surface area contributed by atoms with Gasteiger partial charge in [-0.2, -0.15) is 0 Å². The molecule has 0 saturated carbocycles. The molecule has 0 atom stereocenters. The summed E-state index contributed by atoms with van der Waals surface area (Å²) in [4.78, 5) is 68.5. The van der Waals surface area contributed by atoms with Crippen LogP contribution in [0.25, 0.3) is 45.6 Å². The maximum Gasteiger partial charge on any atom is 0.336 e. The highest BCUT2D eigenvalue weighted by molar-refractivity contribution is 6.09. The fourth-order valence-electron chi connectivity index (χ4n) is 10.9. The Morgan fingerprint density at radius 2 is 1.41 bits per heavy atom. The Balaban J connectivity index is 1.09. The lowest BCUT2D eigenvalue weighted by Gasteiger charge is -2.39. The third-order valence-corrected chi connectivity index (χ3v) is 14.3. The molecule has 0 unspecified atom stereocenters. The van der Waals surface area contributed by atoms with Crippen LogP contribution in [0, 0.1) is 0 Å². The summed E-state index contributed by atoms with van der Waals surface area (Å²) in [7, 11) is 0. The Hall–Kier alpha value is -8.19. The average molecular weight is 953 g/mol. The number of hydrogen-bond donors (Lipinski definition) is 5. The number of anilines is 1. The molecular weight excluding hydrogens is 901 g/mol. The first-order valence-corrected chi connectivity index (χ1v) is 24.3. The number of rotatable bonds is 14. The first kappa shape index (κ1) is 46.5. The van der Waals surface area contributed by atoms with Crippen molar-refractivity contribution in [2.75, 3.05) is 18.0 Å². The standard InChI is InChI=1S/C58H52N2O11/c1-4-6-10-31-24-44-50(45-25-32-11-8-22-60-23-9-13-41(51(32)60)54(45)71-52(44)36(30(31)3)12-7-5-2)38-17-14-33(26-42(38)57(66)67)55(63)59-29-46-47(62)21-20-40-49(39-19-16-35(61)28-48(39)70-53(40)46)37-18-15-34(56(64)65)27-43(37)58(68)69/h14-21,24-28,61H,3-13,22-23,29H2,1-2H3,(H,59,63)(H,64,65)(H,66,67)(H,68,69). The number of carboxylic acid groups (broad SMARTS) is 3. The van der Waals surface area contributed by atoms with Crippen molar-refractivity contribution < 1.29 is 48.8 Å². The van der Waals surface area contributed by atoms with E-state index in [9.17, 15) is 44.4 Å². The van der Waals surface area contributed by atoms with E-state index in [0.29, 0.717) is 22.3 Å². The molecule has 5 aromatic carbocycles. The molecule has 1 aliphatic carbocycles. The van der Waals surface area contributed by atoms with E-state index >= 15 is 0 Å². The Labute approximate surface area is 408 Å². The van der Waals surface area contributed by atoms with E-state index in [0.717, 1.165) is 127 Å². The quantitative estimate of drug-likeness (QED) is 0.0647. The minimum atomic E-state index is -1.40. The maximum absolute atomic E-state index is 14.3. The smallest absolute Gasteiger partial charge is 0.336 e. The van der Waals surface area contributed by atoms with Crippen molar-refractivity contribution in [3.63, 3.8) is 0 Å². The summed E-state index contributed by atoms with van der Waals surface area (Å²) in [5.41, 5.74) is 7.31. The number of unbranched alkanes of at least 4 members (excludes halogenated alkanes) is 2. The van der Waals surface area contributed by atoms with Crippen molar-refractivity contribution in [1.82, 2.24) is 5.32 Å². The molecule has 0 aromatic heterocycles. The fraction of sp³-hybridized carbons (Fsp3) is 0.259. The number of benzene rings is 6. The summed E-state index contributed by atoms with van der Waals surface area (Å²) in [5, 5.41) is 46.4. The predicted octanol–water partition coefficient (Wildman–Crippen LogP) is 9.44. The van der Waals surface area contributed by atoms with Crippen molar-refractivity contribution in [2.45, 2.75) is 84.6 Å². The van der Waals surface area contributed by atoms with E-state index in [1.54, 1.807) is 12.1 Å². The van der Waals surface area contributed by atoms with Crippen LogP contribution in [0.1, 0.15) is 133 Å². The number of ether oxygens (including phenoxy) is 1. The Bertz CT molecular complexity index is 3570. The van der Waals surface area contributed by atoms with E-state index in [-0.39, 0.29) is 62.6 Å². The number of fused-ring (bicyclic) bond motifs is 5. The third kappa shape index (κ3) is 8.14. The van der Waals surface area contributed by atoms with E-state index in [4.69, 9.17) is 9.15 Å². The molecule has 0 saturated heterocycles. The monoisotopic (exact) mass is 952 g/mol. The van der Waals surface area contributed by atoms with Gasteiger partial charge in [-0.25, -0.2) is 14.4 Å². The summed E-state index contributed by atoms with van der Waals surface area (Å²) in [5.74, 6) is -3.37. The zero-order valence-corrected chi connectivity index (χ0v) is 39.5. The summed E-state index contributed by atoms with van der Waals surface area (Å²) >= 11 is 0. The second kappa shape index (κ2) is 18.6. The Morgan fingerprint density at radius 3 is 2.15 bits per heavy atom. The lowest BCUT2D eigenvalue weighted by molar-refractivity contribution is 0.0682. The third-order valence-electron chi connectivity index (χ3n) is 14.3. The minimum Gasteiger partial charge on any atom is -0.508 e. The summed E-state index contributed by atoms with van der Waals surface area (Å²) in [6.07, 6.45) is 9.05. The van der Waals surface area contributed by atoms with Gasteiger partial charge < -0.3 is 39.8 Å². The van der Waals surface area contributed by atoms with Crippen LogP contribution >= 0.6 is 0 Å². The van der Waals surface area contributed by atoms with E-state index < -0.39 is 29.2 Å². The van der Waals surface area contributed by atoms with Crippen molar-refractivity contribution in [3.05, 3.63) is 161 Å². The number of hydrogen-bond acceptors (Lipinski definition) is 9. The first-order chi connectivity index (χ1) is 34.3. The molecule has 5 N–H and O–H groups in total. The topological polar surface area (TPSA) is 204 Å². The highest BCUT2D eigenvalue weighted by Crippen LogP contribution is 2.49. The molecule has 5 aromatic rings. The second-order valence-corrected chi connectivity index (χ2v) is 18.7. The summed E-state index contributed by atoms with van der Waals surface area (Å²) in [6.45, 7) is 10.5. The molecule has 0 spiro atoms. The Morgan fingerprint density at radius 1 is 0.718 bits per heavy atom. The van der Waals surface area contributed by atoms with Crippen LogP contribution in [0.5, 0.6) is 17.2 Å². The molecule has 0 fully saturated rings. The van der Waals surface area contributed by atoms with Gasteiger partial charge in [0.25, 0.3) is 5.91 Å². The van der Waals surface area contributed by atoms with Gasteiger partial charge in [-0.3, -0.25) is 9.59 Å². The number of carbonyl (C=O) groups is 4. The van der Waals surface area contributed by atoms with E-state index in [1.165, 1.54) is 59.8 Å². The molecule has 71 heavy (non-hydrogen) atoms. The highest BCUT2D eigenvalue weighted by atomic mass is 16.5. The SMILES string of the molecule is C=c1c(CCCC)cc2c(c1CCCC)Oc1c(cc3c4c1CCCN4CCC3)C=2c1ccc(C(=O)NCc2c3oc4cc(O)ccc4c(-c4ccc(C(=O)O)cc4C(=O)O)c-3ccc2=O)cc1C(=O)O. The van der Waals surface area contributed by atoms with Crippen LogP contribution in [0.4, 0.5) is 5.69 Å². The van der Waals surface area contributed by atoms with Gasteiger partial charge in [0.15, 0.2) is 5.43 Å². The molecule has 13 heteroatoms. The number of aromatic hydroxyl groups is 1. The number of carboxylic acids is 3. The van der Waals surface area contributed by atoms with Crippen molar-refractivity contribution in [2.24, 2.45) is 0 Å². The van der Waals surface area contributed by atoms with E-state index in [2.05, 4.69) is 42.8 Å².